The van der Waals surface area contributed by atoms with Gasteiger partial charge in [-0.3, -0.25) is 0 Å². The highest BCUT2D eigenvalue weighted by Gasteiger charge is 2.28. The Morgan fingerprint density at radius 2 is 1.89 bits per heavy atom. The molecular weight excluding hydrogens is 402 g/mol. The van der Waals surface area contributed by atoms with E-state index in [0.29, 0.717) is 17.3 Å². The molecule has 28 heavy (non-hydrogen) atoms. The molecule has 3 rings (SSSR count). The van der Waals surface area contributed by atoms with E-state index in [1.165, 1.54) is 30.2 Å². The molecule has 1 aliphatic rings. The molecule has 0 aliphatic heterocycles. The van der Waals surface area contributed by atoms with Gasteiger partial charge in [-0.05, 0) is 48.7 Å². The van der Waals surface area contributed by atoms with Crippen LogP contribution in [0.15, 0.2) is 47.4 Å². The van der Waals surface area contributed by atoms with Crippen LogP contribution < -0.4 is 14.8 Å². The third kappa shape index (κ3) is 5.15. The van der Waals surface area contributed by atoms with Gasteiger partial charge in [-0.25, -0.2) is 17.9 Å². The molecule has 0 atom stereocenters. The number of ether oxygens (including phenoxy) is 1. The van der Waals surface area contributed by atoms with Crippen LogP contribution in [0.5, 0.6) is 5.75 Å². The van der Waals surface area contributed by atoms with Crippen molar-refractivity contribution in [1.29, 1.82) is 0 Å². The molecule has 150 valence electrons. The summed E-state index contributed by atoms with van der Waals surface area (Å²) in [5, 5.41) is 3.34. The maximum Gasteiger partial charge on any atom is 0.321 e. The minimum atomic E-state index is -3.64. The Balaban J connectivity index is 1.74. The number of nitrogens with one attached hydrogen (secondary N) is 2. The first kappa shape index (κ1) is 20.4. The van der Waals surface area contributed by atoms with Crippen LogP contribution in [0, 0.1) is 0 Å². The first-order valence-electron chi connectivity index (χ1n) is 8.75. The lowest BCUT2D eigenvalue weighted by molar-refractivity contribution is 0.220. The largest absolute Gasteiger partial charge is 0.495 e. The van der Waals surface area contributed by atoms with Crippen molar-refractivity contribution in [2.24, 2.45) is 0 Å². The zero-order valence-corrected chi connectivity index (χ0v) is 17.2. The van der Waals surface area contributed by atoms with E-state index >= 15 is 0 Å². The maximum absolute atomic E-state index is 12.6. The maximum atomic E-state index is 12.6. The molecule has 1 saturated carbocycles. The number of carbonyl (C=O) groups is 1. The standard InChI is InChI=1S/C19H22ClN3O4S/c1-23(12-13-3-5-14(20)6-4-13)19(24)21-17-11-16(9-10-18(17)27-2)28(25,26)22-15-7-8-15/h3-6,9-11,15,22H,7-8,12H2,1-2H3,(H,21,24). The van der Waals surface area contributed by atoms with Crippen LogP contribution in [-0.2, 0) is 16.6 Å². The predicted octanol–water partition coefficient (Wildman–Crippen LogP) is 3.45. The van der Waals surface area contributed by atoms with Crippen molar-refractivity contribution in [3.63, 3.8) is 0 Å². The molecule has 2 amide bonds. The van der Waals surface area contributed by atoms with Crippen molar-refractivity contribution in [3.8, 4) is 5.75 Å². The van der Waals surface area contributed by atoms with E-state index in [1.54, 1.807) is 19.2 Å². The summed E-state index contributed by atoms with van der Waals surface area (Å²) in [7, 11) is -0.534. The van der Waals surface area contributed by atoms with Crippen LogP contribution >= 0.6 is 11.6 Å². The Bertz CT molecular complexity index is 960. The van der Waals surface area contributed by atoms with Crippen LogP contribution in [0.4, 0.5) is 10.5 Å². The molecule has 0 aromatic heterocycles. The molecule has 9 heteroatoms. The smallest absolute Gasteiger partial charge is 0.321 e. The number of hydrogen-bond acceptors (Lipinski definition) is 4. The van der Waals surface area contributed by atoms with Crippen molar-refractivity contribution in [2.75, 3.05) is 19.5 Å². The predicted molar refractivity (Wildman–Crippen MR) is 108 cm³/mol. The topological polar surface area (TPSA) is 87.7 Å². The average Bonchev–Trinajstić information content (AvgIpc) is 3.46. The summed E-state index contributed by atoms with van der Waals surface area (Å²) >= 11 is 5.88. The number of hydrogen-bond donors (Lipinski definition) is 2. The summed E-state index contributed by atoms with van der Waals surface area (Å²) in [5.74, 6) is 0.374. The molecule has 0 saturated heterocycles. The van der Waals surface area contributed by atoms with Gasteiger partial charge in [-0.1, -0.05) is 23.7 Å². The number of urea groups is 1. The van der Waals surface area contributed by atoms with Gasteiger partial charge in [-0.15, -0.1) is 0 Å². The third-order valence-corrected chi connectivity index (χ3v) is 6.07. The lowest BCUT2D eigenvalue weighted by Crippen LogP contribution is -2.31. The summed E-state index contributed by atoms with van der Waals surface area (Å²) in [4.78, 5) is 14.1. The van der Waals surface area contributed by atoms with E-state index in [0.717, 1.165) is 18.4 Å². The quantitative estimate of drug-likeness (QED) is 0.713. The summed E-state index contributed by atoms with van der Waals surface area (Å²) in [5.41, 5.74) is 1.20. The molecule has 0 bridgehead atoms. The molecule has 7 nitrogen and oxygen atoms in total. The van der Waals surface area contributed by atoms with Crippen molar-refractivity contribution in [3.05, 3.63) is 53.1 Å². The van der Waals surface area contributed by atoms with Crippen molar-refractivity contribution < 1.29 is 17.9 Å². The number of amides is 2. The van der Waals surface area contributed by atoms with E-state index in [1.807, 2.05) is 12.1 Å². The summed E-state index contributed by atoms with van der Waals surface area (Å²) in [6.45, 7) is 0.368. The molecule has 0 heterocycles. The first-order valence-corrected chi connectivity index (χ1v) is 10.6. The van der Waals surface area contributed by atoms with E-state index in [2.05, 4.69) is 10.0 Å². The molecule has 2 aromatic rings. The van der Waals surface area contributed by atoms with Gasteiger partial charge in [0.25, 0.3) is 0 Å². The normalized spacial score (nSPS) is 13.8. The molecule has 0 spiro atoms. The Morgan fingerprint density at radius 3 is 2.50 bits per heavy atom. The molecule has 0 radical (unpaired) electrons. The van der Waals surface area contributed by atoms with Crippen LogP contribution in [0.3, 0.4) is 0 Å². The zero-order chi connectivity index (χ0) is 20.3. The highest BCUT2D eigenvalue weighted by molar-refractivity contribution is 7.89. The molecule has 2 aromatic carbocycles. The van der Waals surface area contributed by atoms with Gasteiger partial charge in [0.1, 0.15) is 5.75 Å². The number of sulfonamides is 1. The lowest BCUT2D eigenvalue weighted by atomic mass is 10.2. The van der Waals surface area contributed by atoms with Gasteiger partial charge in [0.2, 0.25) is 10.0 Å². The van der Waals surface area contributed by atoms with Crippen LogP contribution in [0.25, 0.3) is 0 Å². The van der Waals surface area contributed by atoms with E-state index in [-0.39, 0.29) is 16.6 Å². The molecular formula is C19H22ClN3O4S. The Morgan fingerprint density at radius 1 is 1.21 bits per heavy atom. The van der Waals surface area contributed by atoms with Gasteiger partial charge in [0.15, 0.2) is 0 Å². The van der Waals surface area contributed by atoms with E-state index < -0.39 is 16.1 Å². The first-order chi connectivity index (χ1) is 13.3. The molecule has 2 N–H and O–H groups in total. The van der Waals surface area contributed by atoms with Gasteiger partial charge in [-0.2, -0.15) is 0 Å². The molecule has 1 aliphatic carbocycles. The van der Waals surface area contributed by atoms with Crippen LogP contribution in [0.1, 0.15) is 18.4 Å². The van der Waals surface area contributed by atoms with Crippen molar-refractivity contribution >= 4 is 33.3 Å². The number of halogens is 1. The molecule has 0 unspecified atom stereocenters. The van der Waals surface area contributed by atoms with Gasteiger partial charge in [0.05, 0.1) is 17.7 Å². The number of anilines is 1. The Labute approximate surface area is 169 Å². The van der Waals surface area contributed by atoms with E-state index in [9.17, 15) is 13.2 Å². The van der Waals surface area contributed by atoms with Crippen molar-refractivity contribution in [2.45, 2.75) is 30.3 Å². The van der Waals surface area contributed by atoms with Gasteiger partial charge in [0, 0.05) is 24.7 Å². The van der Waals surface area contributed by atoms with E-state index in [4.69, 9.17) is 16.3 Å². The lowest BCUT2D eigenvalue weighted by Gasteiger charge is -2.19. The minimum Gasteiger partial charge on any atom is -0.495 e. The highest BCUT2D eigenvalue weighted by Crippen LogP contribution is 2.29. The number of carbonyl (C=O) groups excluding carboxylic acids is 1. The Kier molecular flexibility index (Phi) is 6.12. The molecule has 1 fully saturated rings. The number of methoxy groups -OCH3 is 1. The second-order valence-corrected chi connectivity index (χ2v) is 8.82. The second-order valence-electron chi connectivity index (χ2n) is 6.67. The monoisotopic (exact) mass is 423 g/mol. The number of rotatable bonds is 7. The average molecular weight is 424 g/mol. The number of benzene rings is 2. The summed E-state index contributed by atoms with van der Waals surface area (Å²) in [6, 6.07) is 11.2. The summed E-state index contributed by atoms with van der Waals surface area (Å²) < 4.78 is 32.8. The SMILES string of the molecule is COc1ccc(S(=O)(=O)NC2CC2)cc1NC(=O)N(C)Cc1ccc(Cl)cc1. The van der Waals surface area contributed by atoms with Crippen LogP contribution in [0.2, 0.25) is 5.02 Å². The highest BCUT2D eigenvalue weighted by atomic mass is 35.5. The van der Waals surface area contributed by atoms with Gasteiger partial charge < -0.3 is 15.0 Å². The van der Waals surface area contributed by atoms with Gasteiger partial charge >= 0.3 is 6.03 Å². The zero-order valence-electron chi connectivity index (χ0n) is 15.6. The second kappa shape index (κ2) is 8.38. The fourth-order valence-corrected chi connectivity index (χ4v) is 4.04. The third-order valence-electron chi connectivity index (χ3n) is 4.30. The van der Waals surface area contributed by atoms with Crippen LogP contribution in [-0.4, -0.2) is 39.5 Å². The minimum absolute atomic E-state index is 0.00403. The number of nitrogens with zero attached hydrogens (tertiary/aromatic N) is 1. The van der Waals surface area contributed by atoms with Crippen molar-refractivity contribution in [1.82, 2.24) is 9.62 Å². The Hall–Kier alpha value is -2.29. The fourth-order valence-electron chi connectivity index (χ4n) is 2.59. The summed E-state index contributed by atoms with van der Waals surface area (Å²) in [6.07, 6.45) is 1.68. The fraction of sp³-hybridized carbons (Fsp3) is 0.316.